The molecule has 1 aromatic carbocycles. The van der Waals surface area contributed by atoms with Crippen LogP contribution in [0.25, 0.3) is 0 Å². The Bertz CT molecular complexity index is 717. The average Bonchev–Trinajstić information content (AvgIpc) is 2.88. The third-order valence-electron chi connectivity index (χ3n) is 3.51. The predicted molar refractivity (Wildman–Crippen MR) is 89.2 cm³/mol. The molecule has 2 aromatic rings. The summed E-state index contributed by atoms with van der Waals surface area (Å²) in [6, 6.07) is 5.79. The molecule has 116 valence electrons. The standard InChI is InChI=1S/C15H16ClN3O2S/c1-9(20)17-15-18-12-5-6-19(8-14(12)22-15)10-3-4-11(16)13(7-10)21-2/h3-4,7H,5-6,8H2,1-2H3,(H,17,18,20). The largest absolute Gasteiger partial charge is 0.495 e. The van der Waals surface area contributed by atoms with Gasteiger partial charge in [0.1, 0.15) is 5.75 Å². The highest BCUT2D eigenvalue weighted by Crippen LogP contribution is 2.34. The van der Waals surface area contributed by atoms with Crippen molar-refractivity contribution in [1.29, 1.82) is 0 Å². The highest BCUT2D eigenvalue weighted by molar-refractivity contribution is 7.15. The number of hydrogen-bond donors (Lipinski definition) is 1. The SMILES string of the molecule is COc1cc(N2CCc3nc(NC(C)=O)sc3C2)ccc1Cl. The highest BCUT2D eigenvalue weighted by atomic mass is 35.5. The molecule has 1 aromatic heterocycles. The number of thiazole rings is 1. The van der Waals surface area contributed by atoms with Crippen LogP contribution in [0.15, 0.2) is 18.2 Å². The summed E-state index contributed by atoms with van der Waals surface area (Å²) >= 11 is 7.61. The van der Waals surface area contributed by atoms with Gasteiger partial charge in [0.05, 0.1) is 24.4 Å². The number of methoxy groups -OCH3 is 1. The second-order valence-corrected chi connectivity index (χ2v) is 6.55. The number of nitrogens with one attached hydrogen (secondary N) is 1. The third-order valence-corrected chi connectivity index (χ3v) is 4.82. The van der Waals surface area contributed by atoms with Crippen LogP contribution in [-0.4, -0.2) is 24.5 Å². The number of carbonyl (C=O) groups excluding carboxylic acids is 1. The Morgan fingerprint density at radius 2 is 2.32 bits per heavy atom. The summed E-state index contributed by atoms with van der Waals surface area (Å²) in [6.45, 7) is 3.14. The summed E-state index contributed by atoms with van der Waals surface area (Å²) in [5, 5.41) is 4.04. The van der Waals surface area contributed by atoms with E-state index in [1.807, 2.05) is 18.2 Å². The van der Waals surface area contributed by atoms with Crippen molar-refractivity contribution >= 4 is 39.7 Å². The zero-order valence-electron chi connectivity index (χ0n) is 12.4. The number of rotatable bonds is 3. The number of carbonyl (C=O) groups is 1. The Hall–Kier alpha value is -1.79. The number of anilines is 2. The predicted octanol–water partition coefficient (Wildman–Crippen LogP) is 3.33. The Morgan fingerprint density at radius 1 is 1.50 bits per heavy atom. The van der Waals surface area contributed by atoms with E-state index < -0.39 is 0 Å². The first kappa shape index (κ1) is 15.1. The van der Waals surface area contributed by atoms with Crippen molar-refractivity contribution in [1.82, 2.24) is 4.98 Å². The van der Waals surface area contributed by atoms with Crippen LogP contribution in [0.3, 0.4) is 0 Å². The Labute approximate surface area is 137 Å². The van der Waals surface area contributed by atoms with Gasteiger partial charge < -0.3 is 15.0 Å². The minimum atomic E-state index is -0.0922. The van der Waals surface area contributed by atoms with E-state index in [-0.39, 0.29) is 5.91 Å². The maximum absolute atomic E-state index is 11.1. The number of halogens is 1. The number of aromatic nitrogens is 1. The molecule has 0 bridgehead atoms. The molecule has 1 aliphatic heterocycles. The van der Waals surface area contributed by atoms with Crippen LogP contribution in [0, 0.1) is 0 Å². The van der Waals surface area contributed by atoms with E-state index in [4.69, 9.17) is 16.3 Å². The monoisotopic (exact) mass is 337 g/mol. The molecule has 0 saturated carbocycles. The molecule has 1 amide bonds. The summed E-state index contributed by atoms with van der Waals surface area (Å²) in [7, 11) is 1.61. The lowest BCUT2D eigenvalue weighted by Crippen LogP contribution is -2.29. The topological polar surface area (TPSA) is 54.5 Å². The zero-order chi connectivity index (χ0) is 15.7. The van der Waals surface area contributed by atoms with Crippen molar-refractivity contribution in [2.75, 3.05) is 23.9 Å². The molecule has 0 saturated heterocycles. The molecule has 2 heterocycles. The van der Waals surface area contributed by atoms with E-state index in [9.17, 15) is 4.79 Å². The molecule has 3 rings (SSSR count). The molecule has 0 fully saturated rings. The summed E-state index contributed by atoms with van der Waals surface area (Å²) in [6.07, 6.45) is 0.857. The van der Waals surface area contributed by atoms with Gasteiger partial charge in [0.15, 0.2) is 5.13 Å². The van der Waals surface area contributed by atoms with Gasteiger partial charge in [-0.3, -0.25) is 4.79 Å². The Kier molecular flexibility index (Phi) is 4.22. The van der Waals surface area contributed by atoms with Gasteiger partial charge in [-0.2, -0.15) is 0 Å². The van der Waals surface area contributed by atoms with E-state index in [2.05, 4.69) is 15.2 Å². The van der Waals surface area contributed by atoms with Crippen LogP contribution in [0.1, 0.15) is 17.5 Å². The number of benzene rings is 1. The lowest BCUT2D eigenvalue weighted by atomic mass is 10.1. The molecular formula is C15H16ClN3O2S. The van der Waals surface area contributed by atoms with Crippen molar-refractivity contribution in [3.8, 4) is 5.75 Å². The van der Waals surface area contributed by atoms with Crippen LogP contribution >= 0.6 is 22.9 Å². The second-order valence-electron chi connectivity index (χ2n) is 5.06. The van der Waals surface area contributed by atoms with Gasteiger partial charge in [0.25, 0.3) is 0 Å². The van der Waals surface area contributed by atoms with E-state index in [1.54, 1.807) is 7.11 Å². The van der Waals surface area contributed by atoms with Crippen molar-refractivity contribution in [2.24, 2.45) is 0 Å². The van der Waals surface area contributed by atoms with Crippen LogP contribution < -0.4 is 15.0 Å². The lowest BCUT2D eigenvalue weighted by Gasteiger charge is -2.28. The van der Waals surface area contributed by atoms with Crippen LogP contribution in [0.2, 0.25) is 5.02 Å². The smallest absolute Gasteiger partial charge is 0.223 e. The molecule has 22 heavy (non-hydrogen) atoms. The normalized spacial score (nSPS) is 13.7. The maximum Gasteiger partial charge on any atom is 0.223 e. The number of nitrogens with zero attached hydrogens (tertiary/aromatic N) is 2. The quantitative estimate of drug-likeness (QED) is 0.933. The molecule has 0 atom stereocenters. The van der Waals surface area contributed by atoms with Gasteiger partial charge in [-0.05, 0) is 12.1 Å². The molecular weight excluding hydrogens is 322 g/mol. The fourth-order valence-electron chi connectivity index (χ4n) is 2.47. The van der Waals surface area contributed by atoms with E-state index in [0.29, 0.717) is 15.9 Å². The molecule has 0 aliphatic carbocycles. The van der Waals surface area contributed by atoms with Gasteiger partial charge in [0, 0.05) is 36.5 Å². The average molecular weight is 338 g/mol. The summed E-state index contributed by atoms with van der Waals surface area (Å²) in [4.78, 5) is 19.1. The second kappa shape index (κ2) is 6.14. The highest BCUT2D eigenvalue weighted by Gasteiger charge is 2.22. The molecule has 7 heteroatoms. The van der Waals surface area contributed by atoms with Crippen LogP contribution in [0.5, 0.6) is 5.75 Å². The van der Waals surface area contributed by atoms with E-state index in [1.165, 1.54) is 23.1 Å². The number of amides is 1. The molecule has 5 nitrogen and oxygen atoms in total. The van der Waals surface area contributed by atoms with Crippen molar-refractivity contribution in [3.05, 3.63) is 33.8 Å². The van der Waals surface area contributed by atoms with E-state index >= 15 is 0 Å². The van der Waals surface area contributed by atoms with Gasteiger partial charge in [-0.15, -0.1) is 0 Å². The Morgan fingerprint density at radius 3 is 3.05 bits per heavy atom. The molecule has 1 N–H and O–H groups in total. The third kappa shape index (κ3) is 3.03. The lowest BCUT2D eigenvalue weighted by molar-refractivity contribution is -0.114. The van der Waals surface area contributed by atoms with Gasteiger partial charge in [0.2, 0.25) is 5.91 Å². The summed E-state index contributed by atoms with van der Waals surface area (Å²) in [5.74, 6) is 0.582. The van der Waals surface area contributed by atoms with Gasteiger partial charge in [-0.25, -0.2) is 4.98 Å². The molecule has 0 unspecified atom stereocenters. The van der Waals surface area contributed by atoms with Gasteiger partial charge in [-0.1, -0.05) is 22.9 Å². The molecule has 0 spiro atoms. The van der Waals surface area contributed by atoms with Crippen molar-refractivity contribution in [3.63, 3.8) is 0 Å². The zero-order valence-corrected chi connectivity index (χ0v) is 13.9. The summed E-state index contributed by atoms with van der Waals surface area (Å²) < 4.78 is 5.28. The minimum Gasteiger partial charge on any atom is -0.495 e. The number of ether oxygens (including phenoxy) is 1. The Balaban J connectivity index is 1.81. The van der Waals surface area contributed by atoms with Crippen molar-refractivity contribution < 1.29 is 9.53 Å². The minimum absolute atomic E-state index is 0.0922. The van der Waals surface area contributed by atoms with Gasteiger partial charge >= 0.3 is 0 Å². The summed E-state index contributed by atoms with van der Waals surface area (Å²) in [5.41, 5.74) is 2.15. The first-order chi connectivity index (χ1) is 10.6. The molecule has 1 aliphatic rings. The van der Waals surface area contributed by atoms with Crippen LogP contribution in [0.4, 0.5) is 10.8 Å². The first-order valence-electron chi connectivity index (χ1n) is 6.91. The number of hydrogen-bond acceptors (Lipinski definition) is 5. The van der Waals surface area contributed by atoms with Crippen LogP contribution in [-0.2, 0) is 17.8 Å². The van der Waals surface area contributed by atoms with E-state index in [0.717, 1.165) is 30.9 Å². The molecule has 0 radical (unpaired) electrons. The van der Waals surface area contributed by atoms with Crippen molar-refractivity contribution in [2.45, 2.75) is 19.9 Å². The number of fused-ring (bicyclic) bond motifs is 1. The first-order valence-corrected chi connectivity index (χ1v) is 8.11. The fourth-order valence-corrected chi connectivity index (χ4v) is 3.73. The fraction of sp³-hybridized carbons (Fsp3) is 0.333. The maximum atomic E-state index is 11.1.